The van der Waals surface area contributed by atoms with Crippen molar-refractivity contribution < 1.29 is 19.3 Å². The van der Waals surface area contributed by atoms with Crippen LogP contribution in [0.25, 0.3) is 0 Å². The molecule has 0 fully saturated rings. The van der Waals surface area contributed by atoms with Crippen LogP contribution in [0.15, 0.2) is 0 Å². The topological polar surface area (TPSA) is 47.9 Å². The number of methoxy groups -OCH3 is 2. The third-order valence-electron chi connectivity index (χ3n) is 2.44. The minimum atomic E-state index is -0.241. The third-order valence-corrected chi connectivity index (χ3v) is 2.44. The van der Waals surface area contributed by atoms with Crippen molar-refractivity contribution in [2.75, 3.05) is 20.8 Å². The van der Waals surface area contributed by atoms with Crippen LogP contribution in [0.5, 0.6) is 23.0 Å². The van der Waals surface area contributed by atoms with E-state index in [-0.39, 0.29) is 17.1 Å². The van der Waals surface area contributed by atoms with Gasteiger partial charge in [-0.2, -0.15) is 0 Å². The predicted molar refractivity (Wildman–Crippen MR) is 52.8 cm³/mol. The normalized spacial score (nSPS) is 13.3. The van der Waals surface area contributed by atoms with Crippen molar-refractivity contribution in [1.29, 1.82) is 0 Å². The fraction of sp³-hybridized carbons (Fsp3) is 0.364. The van der Waals surface area contributed by atoms with Gasteiger partial charge in [-0.25, -0.2) is 0 Å². The van der Waals surface area contributed by atoms with Crippen LogP contribution < -0.4 is 14.2 Å². The van der Waals surface area contributed by atoms with Crippen LogP contribution in [-0.2, 0) is 6.42 Å². The Morgan fingerprint density at radius 1 is 1.27 bits per heavy atom. The lowest BCUT2D eigenvalue weighted by Gasteiger charge is -2.14. The smallest absolute Gasteiger partial charge is 0.203 e. The number of rotatable bonds is 2. The largest absolute Gasteiger partial charge is 0.504 e. The van der Waals surface area contributed by atoms with Gasteiger partial charge in [0.25, 0.3) is 0 Å². The molecule has 1 aliphatic heterocycles. The van der Waals surface area contributed by atoms with Gasteiger partial charge in [0.15, 0.2) is 11.5 Å². The second-order valence-corrected chi connectivity index (χ2v) is 3.20. The third kappa shape index (κ3) is 1.28. The number of hydrogen-bond acceptors (Lipinski definition) is 4. The van der Waals surface area contributed by atoms with Gasteiger partial charge in [0.1, 0.15) is 5.75 Å². The molecule has 2 rings (SSSR count). The molecule has 1 aromatic rings. The van der Waals surface area contributed by atoms with E-state index in [0.29, 0.717) is 24.5 Å². The number of hydrogen-bond donors (Lipinski definition) is 1. The second-order valence-electron chi connectivity index (χ2n) is 3.20. The molecule has 3 radical (unpaired) electrons. The van der Waals surface area contributed by atoms with Crippen LogP contribution in [0.1, 0.15) is 11.1 Å². The van der Waals surface area contributed by atoms with Gasteiger partial charge in [-0.1, -0.05) is 0 Å². The lowest BCUT2D eigenvalue weighted by Crippen LogP contribution is -1.96. The van der Waals surface area contributed by atoms with E-state index < -0.39 is 0 Å². The van der Waals surface area contributed by atoms with Crippen molar-refractivity contribution in [3.05, 3.63) is 18.1 Å². The highest BCUT2D eigenvalue weighted by Crippen LogP contribution is 2.50. The number of benzene rings is 1. The van der Waals surface area contributed by atoms with Gasteiger partial charge >= 0.3 is 0 Å². The molecule has 1 N–H and O–H groups in total. The zero-order chi connectivity index (χ0) is 11.0. The van der Waals surface area contributed by atoms with Gasteiger partial charge in [0, 0.05) is 24.5 Å². The van der Waals surface area contributed by atoms with Crippen LogP contribution >= 0.6 is 0 Å². The Kier molecular flexibility index (Phi) is 2.34. The first-order valence-electron chi connectivity index (χ1n) is 4.54. The van der Waals surface area contributed by atoms with Crippen LogP contribution in [0.2, 0.25) is 0 Å². The molecule has 0 unspecified atom stereocenters. The summed E-state index contributed by atoms with van der Waals surface area (Å²) in [5.74, 6) is 0.826. The van der Waals surface area contributed by atoms with E-state index in [2.05, 4.69) is 0 Å². The molecule has 0 aromatic heterocycles. The van der Waals surface area contributed by atoms with Crippen LogP contribution in [-0.4, -0.2) is 25.9 Å². The van der Waals surface area contributed by atoms with Crippen molar-refractivity contribution in [2.24, 2.45) is 0 Å². The molecule has 4 heteroatoms. The lowest BCUT2D eigenvalue weighted by molar-refractivity contribution is 0.312. The molecular formula is C11H11O4. The van der Waals surface area contributed by atoms with E-state index in [1.54, 1.807) is 0 Å². The molecule has 4 nitrogen and oxygen atoms in total. The number of fused-ring (bicyclic) bond motifs is 1. The molecule has 0 saturated heterocycles. The van der Waals surface area contributed by atoms with Crippen molar-refractivity contribution in [2.45, 2.75) is 6.42 Å². The second kappa shape index (κ2) is 3.53. The van der Waals surface area contributed by atoms with E-state index in [1.807, 2.05) is 0 Å². The zero-order valence-electron chi connectivity index (χ0n) is 8.59. The van der Waals surface area contributed by atoms with E-state index in [4.69, 9.17) is 21.1 Å². The SMILES string of the molecule is [C]c1c(O)c(OC)c2c(c1OC)CCO2. The van der Waals surface area contributed by atoms with E-state index in [0.717, 1.165) is 5.56 Å². The molecule has 0 saturated carbocycles. The molecule has 0 spiro atoms. The van der Waals surface area contributed by atoms with Gasteiger partial charge in [-0.05, 0) is 0 Å². The summed E-state index contributed by atoms with van der Waals surface area (Å²) >= 11 is 0. The fourth-order valence-corrected chi connectivity index (χ4v) is 1.77. The first-order valence-corrected chi connectivity index (χ1v) is 4.54. The van der Waals surface area contributed by atoms with Crippen molar-refractivity contribution >= 4 is 0 Å². The summed E-state index contributed by atoms with van der Waals surface area (Å²) in [6.07, 6.45) is 0.668. The molecule has 0 bridgehead atoms. The standard InChI is InChI=1S/C11H11O4/c1-6-8(12)11(14-3)10-7(4-5-15-10)9(6)13-2/h12H,4-5H2,2-3H3. The van der Waals surface area contributed by atoms with Crippen LogP contribution in [0, 0.1) is 6.92 Å². The van der Waals surface area contributed by atoms with E-state index in [1.165, 1.54) is 14.2 Å². The Labute approximate surface area is 88.4 Å². The number of phenolic OH excluding ortho intramolecular Hbond substituents is 1. The highest BCUT2D eigenvalue weighted by Gasteiger charge is 2.28. The molecule has 1 aliphatic rings. The summed E-state index contributed by atoms with van der Waals surface area (Å²) in [6, 6.07) is 0. The molecule has 0 aliphatic carbocycles. The lowest BCUT2D eigenvalue weighted by atomic mass is 10.1. The first-order chi connectivity index (χ1) is 7.20. The minimum absolute atomic E-state index is 0.0569. The van der Waals surface area contributed by atoms with Crippen LogP contribution in [0.3, 0.4) is 0 Å². The Bertz CT molecular complexity index is 361. The number of phenols is 1. The summed E-state index contributed by atoms with van der Waals surface area (Å²) in [5.41, 5.74) is 0.732. The van der Waals surface area contributed by atoms with Gasteiger partial charge in [-0.15, -0.1) is 0 Å². The maximum absolute atomic E-state index is 9.70. The first kappa shape index (κ1) is 9.96. The van der Waals surface area contributed by atoms with Crippen molar-refractivity contribution in [3.63, 3.8) is 0 Å². The molecule has 0 atom stereocenters. The van der Waals surface area contributed by atoms with Gasteiger partial charge < -0.3 is 19.3 Å². The van der Waals surface area contributed by atoms with Crippen LogP contribution in [0.4, 0.5) is 0 Å². The summed E-state index contributed by atoms with van der Waals surface area (Å²) in [5, 5.41) is 9.70. The number of ether oxygens (including phenoxy) is 3. The fourth-order valence-electron chi connectivity index (χ4n) is 1.77. The summed E-state index contributed by atoms with van der Waals surface area (Å²) < 4.78 is 15.5. The molecule has 0 amide bonds. The van der Waals surface area contributed by atoms with Gasteiger partial charge in [0.2, 0.25) is 5.75 Å². The van der Waals surface area contributed by atoms with E-state index in [9.17, 15) is 5.11 Å². The Balaban J connectivity index is 2.72. The van der Waals surface area contributed by atoms with Gasteiger partial charge in [-0.3, -0.25) is 0 Å². The molecule has 1 aromatic carbocycles. The Morgan fingerprint density at radius 2 is 1.93 bits per heavy atom. The monoisotopic (exact) mass is 207 g/mol. The maximum Gasteiger partial charge on any atom is 0.203 e. The van der Waals surface area contributed by atoms with Crippen molar-refractivity contribution in [3.8, 4) is 23.0 Å². The zero-order valence-corrected chi connectivity index (χ0v) is 8.59. The Morgan fingerprint density at radius 3 is 2.53 bits per heavy atom. The van der Waals surface area contributed by atoms with Gasteiger partial charge in [0.05, 0.1) is 20.8 Å². The summed E-state index contributed by atoms with van der Waals surface area (Å²) in [6.45, 7) is 8.22. The molecule has 15 heavy (non-hydrogen) atoms. The molecule has 1 heterocycles. The summed E-state index contributed by atoms with van der Waals surface area (Å²) in [4.78, 5) is 0. The highest BCUT2D eigenvalue weighted by molar-refractivity contribution is 5.68. The number of aromatic hydroxyl groups is 1. The molecular weight excluding hydrogens is 196 g/mol. The predicted octanol–water partition coefficient (Wildman–Crippen LogP) is 1.28. The Hall–Kier alpha value is -1.58. The molecule has 79 valence electrons. The average molecular weight is 207 g/mol. The average Bonchev–Trinajstić information content (AvgIpc) is 2.69. The van der Waals surface area contributed by atoms with Crippen molar-refractivity contribution in [1.82, 2.24) is 0 Å². The highest BCUT2D eigenvalue weighted by atomic mass is 16.5. The maximum atomic E-state index is 9.70. The minimum Gasteiger partial charge on any atom is -0.504 e. The quantitative estimate of drug-likeness (QED) is 0.793. The summed E-state index contributed by atoms with van der Waals surface area (Å²) in [7, 11) is 2.90. The van der Waals surface area contributed by atoms with E-state index >= 15 is 0 Å².